The third kappa shape index (κ3) is 3.44. The van der Waals surface area contributed by atoms with Crippen molar-refractivity contribution in [2.75, 3.05) is 19.7 Å². The number of carboxylic acids is 1. The topological polar surface area (TPSA) is 88.7 Å². The summed E-state index contributed by atoms with van der Waals surface area (Å²) in [5.74, 6) is 0.445. The molecule has 138 valence electrons. The molecule has 2 atom stereocenters. The highest BCUT2D eigenvalue weighted by molar-refractivity contribution is 6.42. The van der Waals surface area contributed by atoms with Gasteiger partial charge in [-0.2, -0.15) is 4.98 Å². The SMILES string of the molecule is O=C(O)C(c1cccc(Cl)c1Cl)N1CCOC(c2noc(C3CC3)n2)C1. The molecule has 0 spiro atoms. The van der Waals surface area contributed by atoms with Gasteiger partial charge in [-0.25, -0.2) is 0 Å². The Kier molecular flexibility index (Phi) is 4.88. The van der Waals surface area contributed by atoms with E-state index < -0.39 is 18.1 Å². The first-order valence-corrected chi connectivity index (χ1v) is 9.16. The molecular weight excluding hydrogens is 381 g/mol. The van der Waals surface area contributed by atoms with Gasteiger partial charge in [0.2, 0.25) is 11.7 Å². The summed E-state index contributed by atoms with van der Waals surface area (Å²) >= 11 is 12.3. The van der Waals surface area contributed by atoms with Crippen LogP contribution in [0.2, 0.25) is 10.0 Å². The molecule has 2 unspecified atom stereocenters. The lowest BCUT2D eigenvalue weighted by Gasteiger charge is -2.35. The molecule has 0 bridgehead atoms. The van der Waals surface area contributed by atoms with Crippen LogP contribution in [-0.4, -0.2) is 45.8 Å². The van der Waals surface area contributed by atoms with Crippen molar-refractivity contribution in [1.82, 2.24) is 15.0 Å². The highest BCUT2D eigenvalue weighted by Gasteiger charge is 2.37. The lowest BCUT2D eigenvalue weighted by Crippen LogP contribution is -2.43. The van der Waals surface area contributed by atoms with E-state index in [0.717, 1.165) is 12.8 Å². The monoisotopic (exact) mass is 397 g/mol. The lowest BCUT2D eigenvalue weighted by atomic mass is 10.0. The number of hydrogen-bond donors (Lipinski definition) is 1. The number of benzene rings is 1. The van der Waals surface area contributed by atoms with Gasteiger partial charge in [-0.05, 0) is 18.9 Å². The van der Waals surface area contributed by atoms with Crippen molar-refractivity contribution < 1.29 is 19.2 Å². The minimum atomic E-state index is -0.999. The zero-order valence-electron chi connectivity index (χ0n) is 13.8. The van der Waals surface area contributed by atoms with Gasteiger partial charge in [-0.1, -0.05) is 40.5 Å². The number of carboxylic acid groups (broad SMARTS) is 1. The van der Waals surface area contributed by atoms with Crippen molar-refractivity contribution >= 4 is 29.2 Å². The van der Waals surface area contributed by atoms with Crippen molar-refractivity contribution in [3.05, 3.63) is 45.5 Å². The van der Waals surface area contributed by atoms with E-state index in [4.69, 9.17) is 32.5 Å². The average molecular weight is 398 g/mol. The van der Waals surface area contributed by atoms with Gasteiger partial charge in [0.25, 0.3) is 0 Å². The molecule has 26 heavy (non-hydrogen) atoms. The quantitative estimate of drug-likeness (QED) is 0.825. The number of rotatable bonds is 5. The van der Waals surface area contributed by atoms with Gasteiger partial charge in [-0.3, -0.25) is 9.69 Å². The summed E-state index contributed by atoms with van der Waals surface area (Å²) in [4.78, 5) is 18.2. The third-order valence-corrected chi connectivity index (χ3v) is 5.48. The second-order valence-corrected chi connectivity index (χ2v) is 7.29. The van der Waals surface area contributed by atoms with Crippen molar-refractivity contribution in [2.45, 2.75) is 30.9 Å². The summed E-state index contributed by atoms with van der Waals surface area (Å²) in [6, 6.07) is 4.07. The number of halogens is 2. The maximum absolute atomic E-state index is 12.0. The van der Waals surface area contributed by atoms with Crippen LogP contribution >= 0.6 is 23.2 Å². The van der Waals surface area contributed by atoms with Crippen LogP contribution in [0, 0.1) is 0 Å². The predicted molar refractivity (Wildman–Crippen MR) is 93.4 cm³/mol. The first-order valence-electron chi connectivity index (χ1n) is 8.40. The van der Waals surface area contributed by atoms with E-state index in [1.165, 1.54) is 0 Å². The summed E-state index contributed by atoms with van der Waals surface area (Å²) in [5, 5.41) is 14.4. The molecule has 0 amide bonds. The van der Waals surface area contributed by atoms with Gasteiger partial charge in [0, 0.05) is 24.6 Å². The number of morpholine rings is 1. The molecule has 2 fully saturated rings. The first kappa shape index (κ1) is 17.7. The van der Waals surface area contributed by atoms with Crippen LogP contribution in [0.5, 0.6) is 0 Å². The predicted octanol–water partition coefficient (Wildman–Crippen LogP) is 3.45. The molecule has 1 aliphatic heterocycles. The second kappa shape index (κ2) is 7.15. The van der Waals surface area contributed by atoms with Crippen LogP contribution in [0.1, 0.15) is 48.2 Å². The van der Waals surface area contributed by atoms with E-state index in [0.29, 0.717) is 47.9 Å². The Morgan fingerprint density at radius 2 is 2.15 bits per heavy atom. The van der Waals surface area contributed by atoms with Crippen molar-refractivity contribution in [3.63, 3.8) is 0 Å². The van der Waals surface area contributed by atoms with Gasteiger partial charge in [-0.15, -0.1) is 0 Å². The summed E-state index contributed by atoms with van der Waals surface area (Å²) in [7, 11) is 0. The summed E-state index contributed by atoms with van der Waals surface area (Å²) < 4.78 is 11.0. The highest BCUT2D eigenvalue weighted by atomic mass is 35.5. The van der Waals surface area contributed by atoms with Gasteiger partial charge in [0.15, 0.2) is 0 Å². The Morgan fingerprint density at radius 1 is 1.35 bits per heavy atom. The molecule has 1 saturated carbocycles. The number of ether oxygens (including phenoxy) is 1. The maximum Gasteiger partial charge on any atom is 0.325 e. The molecule has 1 N–H and O–H groups in total. The molecule has 2 heterocycles. The highest BCUT2D eigenvalue weighted by Crippen LogP contribution is 2.40. The van der Waals surface area contributed by atoms with Crippen LogP contribution in [0.15, 0.2) is 22.7 Å². The molecule has 1 aromatic heterocycles. The molecule has 4 rings (SSSR count). The van der Waals surface area contributed by atoms with E-state index in [-0.39, 0.29) is 5.02 Å². The van der Waals surface area contributed by atoms with Gasteiger partial charge in [0.05, 0.1) is 16.7 Å². The average Bonchev–Trinajstić information content (AvgIpc) is 3.36. The zero-order valence-corrected chi connectivity index (χ0v) is 15.3. The van der Waals surface area contributed by atoms with Crippen LogP contribution in [-0.2, 0) is 9.53 Å². The van der Waals surface area contributed by atoms with E-state index in [9.17, 15) is 9.90 Å². The Balaban J connectivity index is 1.57. The smallest absolute Gasteiger partial charge is 0.325 e. The van der Waals surface area contributed by atoms with E-state index in [2.05, 4.69) is 10.1 Å². The van der Waals surface area contributed by atoms with Crippen molar-refractivity contribution in [3.8, 4) is 0 Å². The summed E-state index contributed by atoms with van der Waals surface area (Å²) in [6.07, 6.45) is 1.68. The molecular formula is C17H17Cl2N3O4. The maximum atomic E-state index is 12.0. The van der Waals surface area contributed by atoms with Crippen LogP contribution in [0.3, 0.4) is 0 Å². The molecule has 2 aliphatic rings. The Hall–Kier alpha value is -1.67. The Morgan fingerprint density at radius 3 is 2.88 bits per heavy atom. The fourth-order valence-electron chi connectivity index (χ4n) is 3.15. The standard InChI is InChI=1S/C17H17Cl2N3O4/c18-11-3-1-2-10(13(11)19)14(17(23)24)22-6-7-25-12(8-22)15-20-16(26-21-15)9-4-5-9/h1-3,9,12,14H,4-8H2,(H,23,24). The van der Waals surface area contributed by atoms with Crippen LogP contribution in [0.4, 0.5) is 0 Å². The second-order valence-electron chi connectivity index (χ2n) is 6.50. The van der Waals surface area contributed by atoms with Crippen LogP contribution in [0.25, 0.3) is 0 Å². The van der Waals surface area contributed by atoms with E-state index in [1.807, 2.05) is 0 Å². The molecule has 7 nitrogen and oxygen atoms in total. The normalized spacial score (nSPS) is 22.3. The minimum absolute atomic E-state index is 0.250. The van der Waals surface area contributed by atoms with E-state index >= 15 is 0 Å². The first-order chi connectivity index (χ1) is 12.5. The molecule has 9 heteroatoms. The third-order valence-electron chi connectivity index (χ3n) is 4.65. The summed E-state index contributed by atoms with van der Waals surface area (Å²) in [6.45, 7) is 1.13. The Labute approximate surface area is 159 Å². The fourth-order valence-corrected chi connectivity index (χ4v) is 3.56. The number of nitrogens with zero attached hydrogens (tertiary/aromatic N) is 3. The van der Waals surface area contributed by atoms with Crippen molar-refractivity contribution in [2.24, 2.45) is 0 Å². The summed E-state index contributed by atoms with van der Waals surface area (Å²) in [5.41, 5.74) is 0.457. The molecule has 2 aromatic rings. The van der Waals surface area contributed by atoms with Gasteiger partial charge < -0.3 is 14.4 Å². The van der Waals surface area contributed by atoms with E-state index in [1.54, 1.807) is 23.1 Å². The molecule has 1 aliphatic carbocycles. The molecule has 1 aromatic carbocycles. The number of aromatic nitrogens is 2. The fraction of sp³-hybridized carbons (Fsp3) is 0.471. The largest absolute Gasteiger partial charge is 0.480 e. The van der Waals surface area contributed by atoms with Gasteiger partial charge >= 0.3 is 5.97 Å². The number of carbonyl (C=O) groups is 1. The molecule has 1 saturated heterocycles. The molecule has 0 radical (unpaired) electrons. The lowest BCUT2D eigenvalue weighted by molar-refractivity contribution is -0.147. The number of hydrogen-bond acceptors (Lipinski definition) is 6. The van der Waals surface area contributed by atoms with Crippen LogP contribution < -0.4 is 0 Å². The minimum Gasteiger partial charge on any atom is -0.480 e. The zero-order chi connectivity index (χ0) is 18.3. The number of aliphatic carboxylic acids is 1. The van der Waals surface area contributed by atoms with Gasteiger partial charge in [0.1, 0.15) is 12.1 Å². The Bertz CT molecular complexity index is 824. The van der Waals surface area contributed by atoms with Crippen molar-refractivity contribution in [1.29, 1.82) is 0 Å².